The highest BCUT2D eigenvalue weighted by Crippen LogP contribution is 2.07. The normalized spacial score (nSPS) is 11.9. The molecule has 0 aromatic carbocycles. The van der Waals surface area contributed by atoms with Crippen LogP contribution >= 0.6 is 11.6 Å². The quantitative estimate of drug-likeness (QED) is 0.182. The average Bonchev–Trinajstić information content (AvgIpc) is 2.43. The highest BCUT2D eigenvalue weighted by atomic mass is 35.5. The van der Waals surface area contributed by atoms with Crippen LogP contribution in [0.4, 0.5) is 0 Å². The molecule has 0 heterocycles. The number of rotatable bonds is 14. The van der Waals surface area contributed by atoms with Crippen LogP contribution in [0.1, 0.15) is 84.0 Å². The number of hydrogen-bond donors (Lipinski definition) is 0. The first-order chi connectivity index (χ1) is 9.41. The summed E-state index contributed by atoms with van der Waals surface area (Å²) in [5.74, 6) is 0.810. The van der Waals surface area contributed by atoms with E-state index >= 15 is 0 Å². The first-order valence-corrected chi connectivity index (χ1v) is 8.81. The third-order valence-electron chi connectivity index (χ3n) is 3.33. The van der Waals surface area contributed by atoms with Crippen molar-refractivity contribution in [2.24, 2.45) is 0 Å². The minimum absolute atomic E-state index is 0.810. The molecule has 0 bridgehead atoms. The summed E-state index contributed by atoms with van der Waals surface area (Å²) in [6.07, 6.45) is 24.9. The van der Waals surface area contributed by atoms with Crippen LogP contribution in [-0.2, 0) is 0 Å². The lowest BCUT2D eigenvalue weighted by molar-refractivity contribution is 0.611. The van der Waals surface area contributed by atoms with Crippen molar-refractivity contribution in [3.8, 4) is 0 Å². The lowest BCUT2D eigenvalue weighted by Gasteiger charge is -1.97. The standard InChI is InChI=1S/C18H33Cl/c1-2-3-4-5-6-7-8-9-10-11-12-13-14-15-16-17-18-19/h9-10,12-13H,2-8,11,14-18H2,1H3/b10-9-,13-12-. The highest BCUT2D eigenvalue weighted by Gasteiger charge is 1.88. The van der Waals surface area contributed by atoms with Crippen molar-refractivity contribution < 1.29 is 0 Å². The van der Waals surface area contributed by atoms with E-state index in [2.05, 4.69) is 31.2 Å². The fourth-order valence-corrected chi connectivity index (χ4v) is 2.27. The van der Waals surface area contributed by atoms with Gasteiger partial charge >= 0.3 is 0 Å². The monoisotopic (exact) mass is 284 g/mol. The first kappa shape index (κ1) is 18.8. The minimum Gasteiger partial charge on any atom is -0.127 e. The predicted molar refractivity (Wildman–Crippen MR) is 90.1 cm³/mol. The fraction of sp³-hybridized carbons (Fsp3) is 0.778. The van der Waals surface area contributed by atoms with Crippen molar-refractivity contribution in [2.45, 2.75) is 84.0 Å². The van der Waals surface area contributed by atoms with E-state index in [9.17, 15) is 0 Å². The van der Waals surface area contributed by atoms with Gasteiger partial charge in [-0.05, 0) is 38.5 Å². The van der Waals surface area contributed by atoms with E-state index in [1.165, 1.54) is 64.2 Å². The maximum absolute atomic E-state index is 5.63. The molecule has 19 heavy (non-hydrogen) atoms. The molecule has 0 saturated carbocycles. The number of unbranched alkanes of at least 4 members (excludes halogenated alkanes) is 9. The summed E-state index contributed by atoms with van der Waals surface area (Å²) in [6, 6.07) is 0. The molecule has 0 aliphatic carbocycles. The van der Waals surface area contributed by atoms with Gasteiger partial charge in [0.25, 0.3) is 0 Å². The molecule has 0 fully saturated rings. The summed E-state index contributed by atoms with van der Waals surface area (Å²) in [4.78, 5) is 0. The van der Waals surface area contributed by atoms with E-state index in [-0.39, 0.29) is 0 Å². The lowest BCUT2D eigenvalue weighted by Crippen LogP contribution is -1.77. The van der Waals surface area contributed by atoms with Gasteiger partial charge in [0.05, 0.1) is 0 Å². The zero-order valence-electron chi connectivity index (χ0n) is 12.9. The van der Waals surface area contributed by atoms with Crippen LogP contribution in [0.15, 0.2) is 24.3 Å². The van der Waals surface area contributed by atoms with E-state index in [1.54, 1.807) is 0 Å². The van der Waals surface area contributed by atoms with Gasteiger partial charge in [-0.15, -0.1) is 11.6 Å². The molecule has 0 radical (unpaired) electrons. The Morgan fingerprint density at radius 1 is 0.632 bits per heavy atom. The summed E-state index contributed by atoms with van der Waals surface area (Å²) in [6.45, 7) is 2.27. The molecular formula is C18H33Cl. The molecule has 0 aromatic rings. The first-order valence-electron chi connectivity index (χ1n) is 8.27. The van der Waals surface area contributed by atoms with Gasteiger partial charge in [0.2, 0.25) is 0 Å². The van der Waals surface area contributed by atoms with E-state index < -0.39 is 0 Å². The van der Waals surface area contributed by atoms with Gasteiger partial charge in [0.1, 0.15) is 0 Å². The Kier molecular flexibility index (Phi) is 17.6. The van der Waals surface area contributed by atoms with Crippen molar-refractivity contribution in [1.29, 1.82) is 0 Å². The molecule has 0 saturated heterocycles. The van der Waals surface area contributed by atoms with Gasteiger partial charge in [-0.1, -0.05) is 69.8 Å². The second kappa shape index (κ2) is 17.8. The van der Waals surface area contributed by atoms with Gasteiger partial charge in [-0.2, -0.15) is 0 Å². The van der Waals surface area contributed by atoms with E-state index in [4.69, 9.17) is 11.6 Å². The van der Waals surface area contributed by atoms with Crippen LogP contribution in [0.25, 0.3) is 0 Å². The van der Waals surface area contributed by atoms with E-state index in [0.29, 0.717) is 0 Å². The van der Waals surface area contributed by atoms with Crippen LogP contribution in [0.5, 0.6) is 0 Å². The third-order valence-corrected chi connectivity index (χ3v) is 3.60. The number of halogens is 1. The molecule has 0 atom stereocenters. The molecule has 0 aliphatic rings. The molecule has 0 N–H and O–H groups in total. The number of allylic oxidation sites excluding steroid dienone is 4. The van der Waals surface area contributed by atoms with E-state index in [1.807, 2.05) is 0 Å². The molecular weight excluding hydrogens is 252 g/mol. The van der Waals surface area contributed by atoms with Crippen molar-refractivity contribution in [3.05, 3.63) is 24.3 Å². The molecule has 0 unspecified atom stereocenters. The van der Waals surface area contributed by atoms with Crippen LogP contribution in [0.2, 0.25) is 0 Å². The number of hydrogen-bond acceptors (Lipinski definition) is 0. The van der Waals surface area contributed by atoms with E-state index in [0.717, 1.165) is 18.7 Å². The molecule has 0 amide bonds. The summed E-state index contributed by atoms with van der Waals surface area (Å²) >= 11 is 5.63. The molecule has 0 rings (SSSR count). The minimum atomic E-state index is 0.810. The maximum atomic E-state index is 5.63. The van der Waals surface area contributed by atoms with Crippen LogP contribution < -0.4 is 0 Å². The number of alkyl halides is 1. The molecule has 112 valence electrons. The Labute approximate surface area is 126 Å². The second-order valence-corrected chi connectivity index (χ2v) is 5.65. The molecule has 0 spiro atoms. The fourth-order valence-electron chi connectivity index (χ4n) is 2.08. The van der Waals surface area contributed by atoms with Gasteiger partial charge in [0, 0.05) is 5.88 Å². The SMILES string of the molecule is CCCCCCCC/C=C\C/C=C\CCCCCCl. The summed E-state index contributed by atoms with van der Waals surface area (Å²) in [7, 11) is 0. The zero-order chi connectivity index (χ0) is 14.0. The average molecular weight is 285 g/mol. The smallest absolute Gasteiger partial charge is 0.0223 e. The molecule has 0 aliphatic heterocycles. The largest absolute Gasteiger partial charge is 0.127 e. The maximum Gasteiger partial charge on any atom is 0.0223 e. The Morgan fingerprint density at radius 2 is 1.16 bits per heavy atom. The van der Waals surface area contributed by atoms with Crippen molar-refractivity contribution in [1.82, 2.24) is 0 Å². The Hall–Kier alpha value is -0.230. The molecule has 0 aromatic heterocycles. The van der Waals surface area contributed by atoms with Crippen LogP contribution in [-0.4, -0.2) is 5.88 Å². The molecule has 1 heteroatoms. The zero-order valence-corrected chi connectivity index (χ0v) is 13.6. The van der Waals surface area contributed by atoms with Crippen molar-refractivity contribution in [3.63, 3.8) is 0 Å². The van der Waals surface area contributed by atoms with Crippen LogP contribution in [0.3, 0.4) is 0 Å². The summed E-state index contributed by atoms with van der Waals surface area (Å²) in [5.41, 5.74) is 0. The highest BCUT2D eigenvalue weighted by molar-refractivity contribution is 6.17. The summed E-state index contributed by atoms with van der Waals surface area (Å²) in [5, 5.41) is 0. The Bertz CT molecular complexity index is 206. The molecule has 0 nitrogen and oxygen atoms in total. The van der Waals surface area contributed by atoms with Gasteiger partial charge in [-0.3, -0.25) is 0 Å². The topological polar surface area (TPSA) is 0 Å². The summed E-state index contributed by atoms with van der Waals surface area (Å²) < 4.78 is 0. The Balaban J connectivity index is 3.14. The third kappa shape index (κ3) is 17.8. The van der Waals surface area contributed by atoms with Gasteiger partial charge < -0.3 is 0 Å². The second-order valence-electron chi connectivity index (χ2n) is 5.27. The predicted octanol–water partition coefficient (Wildman–Crippen LogP) is 7.04. The van der Waals surface area contributed by atoms with Gasteiger partial charge in [0.15, 0.2) is 0 Å². The van der Waals surface area contributed by atoms with Crippen LogP contribution in [0, 0.1) is 0 Å². The van der Waals surface area contributed by atoms with Crippen molar-refractivity contribution >= 4 is 11.6 Å². The van der Waals surface area contributed by atoms with Crippen molar-refractivity contribution in [2.75, 3.05) is 5.88 Å². The van der Waals surface area contributed by atoms with Gasteiger partial charge in [-0.25, -0.2) is 0 Å². The Morgan fingerprint density at radius 3 is 1.74 bits per heavy atom. The lowest BCUT2D eigenvalue weighted by atomic mass is 10.1.